The van der Waals surface area contributed by atoms with Gasteiger partial charge in [-0.05, 0) is 38.5 Å². The average Bonchev–Trinajstić information content (AvgIpc) is 2.87. The molecular formula is C16H19N3OS. The number of aryl methyl sites for hydroxylation is 1. The van der Waals surface area contributed by atoms with Crippen LogP contribution in [0.15, 0.2) is 35.5 Å². The maximum Gasteiger partial charge on any atom is 0.196 e. The first kappa shape index (κ1) is 14.4. The first-order valence-corrected chi connectivity index (χ1v) is 8.13. The van der Waals surface area contributed by atoms with E-state index in [1.807, 2.05) is 13.8 Å². The Hall–Kier alpha value is -1.59. The van der Waals surface area contributed by atoms with Gasteiger partial charge in [-0.2, -0.15) is 0 Å². The molecule has 21 heavy (non-hydrogen) atoms. The Balaban J connectivity index is 1.95. The number of pyridine rings is 1. The van der Waals surface area contributed by atoms with Crippen LogP contribution in [-0.2, 0) is 4.74 Å². The third kappa shape index (κ3) is 2.89. The zero-order chi connectivity index (χ0) is 14.8. The summed E-state index contributed by atoms with van der Waals surface area (Å²) in [5.41, 5.74) is 3.29. The Morgan fingerprint density at radius 1 is 1.24 bits per heavy atom. The van der Waals surface area contributed by atoms with E-state index in [-0.39, 0.29) is 6.10 Å². The van der Waals surface area contributed by atoms with Crippen molar-refractivity contribution in [3.05, 3.63) is 35.9 Å². The maximum absolute atomic E-state index is 5.58. The molecule has 4 nitrogen and oxygen atoms in total. The molecular weight excluding hydrogens is 282 g/mol. The van der Waals surface area contributed by atoms with Crippen LogP contribution in [0.3, 0.4) is 0 Å². The Morgan fingerprint density at radius 3 is 2.86 bits per heavy atom. The SMILES string of the molecule is Cc1cc2nnc(SCCOC(C)C)n2c2ccccc12. The minimum absolute atomic E-state index is 0.268. The van der Waals surface area contributed by atoms with Crippen LogP contribution in [0.25, 0.3) is 16.6 Å². The number of nitrogens with zero attached hydrogens (tertiary/aromatic N) is 3. The molecule has 0 aliphatic rings. The Bertz CT molecular complexity index is 767. The maximum atomic E-state index is 5.58. The van der Waals surface area contributed by atoms with Gasteiger partial charge >= 0.3 is 0 Å². The van der Waals surface area contributed by atoms with Crippen molar-refractivity contribution in [3.63, 3.8) is 0 Å². The Kier molecular flexibility index (Phi) is 4.12. The molecule has 2 heterocycles. The molecule has 0 spiro atoms. The fourth-order valence-electron chi connectivity index (χ4n) is 2.38. The van der Waals surface area contributed by atoms with Gasteiger partial charge in [-0.1, -0.05) is 30.0 Å². The minimum atomic E-state index is 0.268. The lowest BCUT2D eigenvalue weighted by atomic mass is 10.1. The lowest BCUT2D eigenvalue weighted by molar-refractivity contribution is 0.0920. The summed E-state index contributed by atoms with van der Waals surface area (Å²) in [5, 5.41) is 10.8. The fraction of sp³-hybridized carbons (Fsp3) is 0.375. The zero-order valence-electron chi connectivity index (χ0n) is 12.5. The van der Waals surface area contributed by atoms with Crippen LogP contribution in [0.4, 0.5) is 0 Å². The predicted octanol–water partition coefficient (Wildman–Crippen LogP) is 3.71. The van der Waals surface area contributed by atoms with Gasteiger partial charge in [0.25, 0.3) is 0 Å². The molecule has 0 N–H and O–H groups in total. The molecule has 0 fully saturated rings. The normalized spacial score (nSPS) is 11.8. The summed E-state index contributed by atoms with van der Waals surface area (Å²) < 4.78 is 7.71. The van der Waals surface area contributed by atoms with Crippen molar-refractivity contribution < 1.29 is 4.74 Å². The number of fused-ring (bicyclic) bond motifs is 3. The number of para-hydroxylation sites is 1. The van der Waals surface area contributed by atoms with Crippen LogP contribution in [0.2, 0.25) is 0 Å². The molecule has 0 aliphatic heterocycles. The van der Waals surface area contributed by atoms with E-state index in [9.17, 15) is 0 Å². The van der Waals surface area contributed by atoms with E-state index >= 15 is 0 Å². The smallest absolute Gasteiger partial charge is 0.196 e. The third-order valence-corrected chi connectivity index (χ3v) is 4.23. The largest absolute Gasteiger partial charge is 0.378 e. The first-order chi connectivity index (χ1) is 10.2. The highest BCUT2D eigenvalue weighted by atomic mass is 32.2. The molecule has 2 aromatic heterocycles. The second-order valence-electron chi connectivity index (χ2n) is 5.29. The number of thioether (sulfide) groups is 1. The molecule has 0 unspecified atom stereocenters. The summed E-state index contributed by atoms with van der Waals surface area (Å²) in [6, 6.07) is 10.5. The number of benzene rings is 1. The molecule has 0 radical (unpaired) electrons. The number of aromatic nitrogens is 3. The second kappa shape index (κ2) is 6.03. The van der Waals surface area contributed by atoms with Gasteiger partial charge in [0.15, 0.2) is 10.8 Å². The molecule has 1 aromatic carbocycles. The highest BCUT2D eigenvalue weighted by Gasteiger charge is 2.11. The minimum Gasteiger partial charge on any atom is -0.378 e. The summed E-state index contributed by atoms with van der Waals surface area (Å²) >= 11 is 1.68. The molecule has 110 valence electrons. The van der Waals surface area contributed by atoms with Crippen LogP contribution in [0.5, 0.6) is 0 Å². The van der Waals surface area contributed by atoms with E-state index in [2.05, 4.69) is 51.9 Å². The van der Waals surface area contributed by atoms with Crippen LogP contribution in [0, 0.1) is 6.92 Å². The molecule has 0 atom stereocenters. The molecule has 5 heteroatoms. The Morgan fingerprint density at radius 2 is 2.05 bits per heavy atom. The molecule has 0 aliphatic carbocycles. The monoisotopic (exact) mass is 301 g/mol. The van der Waals surface area contributed by atoms with Crippen molar-refractivity contribution in [2.45, 2.75) is 32.0 Å². The van der Waals surface area contributed by atoms with E-state index in [4.69, 9.17) is 4.74 Å². The van der Waals surface area contributed by atoms with Crippen molar-refractivity contribution in [1.82, 2.24) is 14.6 Å². The van der Waals surface area contributed by atoms with E-state index in [0.29, 0.717) is 0 Å². The highest BCUT2D eigenvalue weighted by Crippen LogP contribution is 2.25. The first-order valence-electron chi connectivity index (χ1n) is 7.14. The molecule has 3 rings (SSSR count). The van der Waals surface area contributed by atoms with Gasteiger partial charge in [-0.25, -0.2) is 0 Å². The average molecular weight is 301 g/mol. The van der Waals surface area contributed by atoms with Gasteiger partial charge < -0.3 is 4.74 Å². The van der Waals surface area contributed by atoms with Gasteiger partial charge in [0.05, 0.1) is 18.2 Å². The van der Waals surface area contributed by atoms with E-state index in [0.717, 1.165) is 28.7 Å². The Labute approximate surface area is 128 Å². The molecule has 3 aromatic rings. The highest BCUT2D eigenvalue weighted by molar-refractivity contribution is 7.99. The van der Waals surface area contributed by atoms with Gasteiger partial charge in [-0.3, -0.25) is 4.40 Å². The molecule has 0 bridgehead atoms. The summed E-state index contributed by atoms with van der Waals surface area (Å²) in [7, 11) is 0. The van der Waals surface area contributed by atoms with Crippen LogP contribution < -0.4 is 0 Å². The van der Waals surface area contributed by atoms with Gasteiger partial charge in [0.1, 0.15) is 0 Å². The van der Waals surface area contributed by atoms with Gasteiger partial charge in [-0.15, -0.1) is 10.2 Å². The summed E-state index contributed by atoms with van der Waals surface area (Å²) in [5.74, 6) is 0.876. The van der Waals surface area contributed by atoms with Gasteiger partial charge in [0, 0.05) is 11.1 Å². The number of hydrogen-bond donors (Lipinski definition) is 0. The van der Waals surface area contributed by atoms with Crippen LogP contribution in [-0.4, -0.2) is 33.1 Å². The second-order valence-corrected chi connectivity index (χ2v) is 6.35. The van der Waals surface area contributed by atoms with E-state index < -0.39 is 0 Å². The lowest BCUT2D eigenvalue weighted by Crippen LogP contribution is -2.05. The van der Waals surface area contributed by atoms with Crippen LogP contribution in [0.1, 0.15) is 19.4 Å². The summed E-state index contributed by atoms with van der Waals surface area (Å²) in [6.45, 7) is 6.93. The number of ether oxygens (including phenoxy) is 1. The lowest BCUT2D eigenvalue weighted by Gasteiger charge is -2.08. The summed E-state index contributed by atoms with van der Waals surface area (Å²) in [4.78, 5) is 0. The predicted molar refractivity (Wildman–Crippen MR) is 87.0 cm³/mol. The van der Waals surface area contributed by atoms with Gasteiger partial charge in [0.2, 0.25) is 0 Å². The molecule has 0 amide bonds. The van der Waals surface area contributed by atoms with E-state index in [1.54, 1.807) is 11.8 Å². The zero-order valence-corrected chi connectivity index (χ0v) is 13.4. The van der Waals surface area contributed by atoms with Crippen LogP contribution >= 0.6 is 11.8 Å². The van der Waals surface area contributed by atoms with Crippen molar-refractivity contribution in [2.24, 2.45) is 0 Å². The fourth-order valence-corrected chi connectivity index (χ4v) is 3.17. The summed E-state index contributed by atoms with van der Waals surface area (Å²) in [6.07, 6.45) is 0.268. The molecule has 0 saturated heterocycles. The van der Waals surface area contributed by atoms with Crippen molar-refractivity contribution in [1.29, 1.82) is 0 Å². The van der Waals surface area contributed by atoms with Crippen molar-refractivity contribution >= 4 is 28.3 Å². The molecule has 0 saturated carbocycles. The number of rotatable bonds is 5. The third-order valence-electron chi connectivity index (χ3n) is 3.34. The van der Waals surface area contributed by atoms with Crippen molar-refractivity contribution in [2.75, 3.05) is 12.4 Å². The quantitative estimate of drug-likeness (QED) is 0.532. The standard InChI is InChI=1S/C16H19N3OS/c1-11(2)20-8-9-21-16-18-17-15-10-12(3)13-6-4-5-7-14(13)19(15)16/h4-7,10-11H,8-9H2,1-3H3. The topological polar surface area (TPSA) is 39.4 Å². The van der Waals surface area contributed by atoms with Crippen molar-refractivity contribution in [3.8, 4) is 0 Å². The van der Waals surface area contributed by atoms with E-state index in [1.165, 1.54) is 10.9 Å². The number of hydrogen-bond acceptors (Lipinski definition) is 4.